The van der Waals surface area contributed by atoms with E-state index in [0.717, 1.165) is 29.9 Å². The van der Waals surface area contributed by atoms with Gasteiger partial charge in [-0.05, 0) is 31.2 Å². The fourth-order valence-electron chi connectivity index (χ4n) is 2.82. The fraction of sp³-hybridized carbons (Fsp3) is 0.471. The minimum atomic E-state index is -3.64. The summed E-state index contributed by atoms with van der Waals surface area (Å²) in [5.74, 6) is 0.671. The molecule has 1 N–H and O–H groups in total. The Balaban J connectivity index is 1.87. The van der Waals surface area contributed by atoms with Crippen molar-refractivity contribution in [3.8, 4) is 0 Å². The van der Waals surface area contributed by atoms with Crippen molar-refractivity contribution < 1.29 is 13.2 Å². The van der Waals surface area contributed by atoms with Crippen LogP contribution in [-0.4, -0.2) is 41.7 Å². The van der Waals surface area contributed by atoms with E-state index in [4.69, 9.17) is 0 Å². The number of hydrogen-bond acceptors (Lipinski definition) is 6. The lowest BCUT2D eigenvalue weighted by molar-refractivity contribution is 0.102. The third kappa shape index (κ3) is 3.79. The number of sulfonamides is 1. The predicted octanol–water partition coefficient (Wildman–Crippen LogP) is 3.01. The van der Waals surface area contributed by atoms with Crippen LogP contribution in [0.1, 0.15) is 53.8 Å². The molecule has 0 bridgehead atoms. The van der Waals surface area contributed by atoms with Crippen molar-refractivity contribution in [1.29, 1.82) is 0 Å². The van der Waals surface area contributed by atoms with E-state index < -0.39 is 15.9 Å². The van der Waals surface area contributed by atoms with Gasteiger partial charge in [-0.25, -0.2) is 18.4 Å². The number of nitrogens with one attached hydrogen (secondary N) is 1. The number of carbonyl (C=O) groups excluding carboxylic acids is 1. The van der Waals surface area contributed by atoms with Crippen LogP contribution in [-0.2, 0) is 10.0 Å². The third-order valence-electron chi connectivity index (χ3n) is 4.15. The number of carbonyl (C=O) groups is 1. The molecule has 1 saturated heterocycles. The maximum atomic E-state index is 12.8. The van der Waals surface area contributed by atoms with E-state index >= 15 is 0 Å². The summed E-state index contributed by atoms with van der Waals surface area (Å²) in [4.78, 5) is 21.7. The molecule has 0 atom stereocenters. The molecule has 7 nitrogen and oxygen atoms in total. The van der Waals surface area contributed by atoms with Gasteiger partial charge in [0.25, 0.3) is 5.91 Å². The van der Waals surface area contributed by atoms with Crippen molar-refractivity contribution in [2.45, 2.75) is 44.4 Å². The molecule has 0 saturated carbocycles. The van der Waals surface area contributed by atoms with Gasteiger partial charge < -0.3 is 5.32 Å². The first-order chi connectivity index (χ1) is 12.3. The molecule has 1 fully saturated rings. The van der Waals surface area contributed by atoms with Crippen LogP contribution in [0.25, 0.3) is 0 Å². The van der Waals surface area contributed by atoms with Crippen LogP contribution in [0.5, 0.6) is 0 Å². The normalized spacial score (nSPS) is 15.5. The summed E-state index contributed by atoms with van der Waals surface area (Å²) in [5.41, 5.74) is 0.745. The van der Waals surface area contributed by atoms with Crippen molar-refractivity contribution >= 4 is 33.1 Å². The highest BCUT2D eigenvalue weighted by Crippen LogP contribution is 2.28. The zero-order chi connectivity index (χ0) is 18.9. The summed E-state index contributed by atoms with van der Waals surface area (Å²) >= 11 is 1.12. The molecule has 2 aromatic heterocycles. The van der Waals surface area contributed by atoms with Crippen LogP contribution in [0.4, 0.5) is 5.82 Å². The van der Waals surface area contributed by atoms with Crippen LogP contribution in [0.3, 0.4) is 0 Å². The predicted molar refractivity (Wildman–Crippen MR) is 101 cm³/mol. The van der Waals surface area contributed by atoms with Crippen molar-refractivity contribution in [2.24, 2.45) is 0 Å². The molecular weight excluding hydrogens is 372 g/mol. The SMILES string of the molecule is Cc1cc(NC(=O)c2sccc2S(=O)(=O)N2CCCC2)nc(C(C)C)n1. The number of aromatic nitrogens is 2. The molecule has 1 aliphatic heterocycles. The Morgan fingerprint density at radius 2 is 1.96 bits per heavy atom. The Hall–Kier alpha value is -1.84. The smallest absolute Gasteiger partial charge is 0.268 e. The van der Waals surface area contributed by atoms with Crippen molar-refractivity contribution in [3.05, 3.63) is 33.9 Å². The molecule has 3 rings (SSSR count). The zero-order valence-corrected chi connectivity index (χ0v) is 16.7. The van der Waals surface area contributed by atoms with Gasteiger partial charge >= 0.3 is 0 Å². The maximum Gasteiger partial charge on any atom is 0.268 e. The van der Waals surface area contributed by atoms with Gasteiger partial charge in [0.2, 0.25) is 10.0 Å². The Morgan fingerprint density at radius 1 is 1.27 bits per heavy atom. The van der Waals surface area contributed by atoms with E-state index in [1.807, 2.05) is 20.8 Å². The van der Waals surface area contributed by atoms with Crippen molar-refractivity contribution in [3.63, 3.8) is 0 Å². The number of nitrogens with zero attached hydrogens (tertiary/aromatic N) is 3. The Bertz CT molecular complexity index is 916. The molecule has 0 spiro atoms. The largest absolute Gasteiger partial charge is 0.306 e. The summed E-state index contributed by atoms with van der Waals surface area (Å²) in [6.07, 6.45) is 1.70. The number of rotatable bonds is 5. The highest BCUT2D eigenvalue weighted by atomic mass is 32.2. The summed E-state index contributed by atoms with van der Waals surface area (Å²) in [6.45, 7) is 6.78. The number of aryl methyl sites for hydroxylation is 1. The lowest BCUT2D eigenvalue weighted by Crippen LogP contribution is -2.29. The summed E-state index contributed by atoms with van der Waals surface area (Å²) in [5, 5.41) is 4.35. The molecule has 0 aromatic carbocycles. The van der Waals surface area contributed by atoms with Gasteiger partial charge in [0.15, 0.2) is 0 Å². The van der Waals surface area contributed by atoms with Crippen LogP contribution in [0, 0.1) is 6.92 Å². The van der Waals surface area contributed by atoms with Crippen LogP contribution in [0.15, 0.2) is 22.4 Å². The minimum absolute atomic E-state index is 0.0664. The first-order valence-electron chi connectivity index (χ1n) is 8.53. The van der Waals surface area contributed by atoms with Gasteiger partial charge in [-0.15, -0.1) is 11.3 Å². The minimum Gasteiger partial charge on any atom is -0.306 e. The molecule has 3 heterocycles. The Labute approximate surface area is 157 Å². The molecular formula is C17H22N4O3S2. The standard InChI is InChI=1S/C17H22N4O3S2/c1-11(2)16-18-12(3)10-14(19-16)20-17(22)15-13(6-9-25-15)26(23,24)21-7-4-5-8-21/h6,9-11H,4-5,7-8H2,1-3H3,(H,18,19,20,22). The van der Waals surface area contributed by atoms with E-state index in [2.05, 4.69) is 15.3 Å². The van der Waals surface area contributed by atoms with Crippen molar-refractivity contribution in [2.75, 3.05) is 18.4 Å². The first kappa shape index (κ1) is 18.9. The van der Waals surface area contributed by atoms with E-state index in [0.29, 0.717) is 24.7 Å². The van der Waals surface area contributed by atoms with Crippen LogP contribution >= 0.6 is 11.3 Å². The Morgan fingerprint density at radius 3 is 2.62 bits per heavy atom. The molecule has 0 aliphatic carbocycles. The zero-order valence-electron chi connectivity index (χ0n) is 15.0. The maximum absolute atomic E-state index is 12.8. The molecule has 0 unspecified atom stereocenters. The molecule has 1 amide bonds. The second-order valence-electron chi connectivity index (χ2n) is 6.59. The van der Waals surface area contributed by atoms with Gasteiger partial charge in [0.05, 0.1) is 0 Å². The average molecular weight is 395 g/mol. The highest BCUT2D eigenvalue weighted by molar-refractivity contribution is 7.89. The van der Waals surface area contributed by atoms with E-state index in [1.165, 1.54) is 10.4 Å². The summed E-state index contributed by atoms with van der Waals surface area (Å²) in [7, 11) is -3.64. The second-order valence-corrected chi connectivity index (χ2v) is 9.41. The number of amides is 1. The van der Waals surface area contributed by atoms with Gasteiger partial charge in [-0.1, -0.05) is 13.8 Å². The molecule has 2 aromatic rings. The number of hydrogen-bond donors (Lipinski definition) is 1. The van der Waals surface area contributed by atoms with E-state index in [-0.39, 0.29) is 15.7 Å². The molecule has 140 valence electrons. The van der Waals surface area contributed by atoms with Gasteiger partial charge in [0.1, 0.15) is 21.4 Å². The van der Waals surface area contributed by atoms with Crippen LogP contribution < -0.4 is 5.32 Å². The fourth-order valence-corrected chi connectivity index (χ4v) is 5.63. The average Bonchev–Trinajstić information content (AvgIpc) is 3.26. The molecule has 26 heavy (non-hydrogen) atoms. The quantitative estimate of drug-likeness (QED) is 0.841. The molecule has 0 radical (unpaired) electrons. The highest BCUT2D eigenvalue weighted by Gasteiger charge is 2.32. The number of thiophene rings is 1. The lowest BCUT2D eigenvalue weighted by atomic mass is 10.2. The van der Waals surface area contributed by atoms with Gasteiger partial charge in [-0.2, -0.15) is 4.31 Å². The second kappa shape index (κ2) is 7.42. The van der Waals surface area contributed by atoms with E-state index in [9.17, 15) is 13.2 Å². The Kier molecular flexibility index (Phi) is 5.40. The molecule has 1 aliphatic rings. The topological polar surface area (TPSA) is 92.3 Å². The first-order valence-corrected chi connectivity index (χ1v) is 10.9. The third-order valence-corrected chi connectivity index (χ3v) is 7.13. The number of anilines is 1. The van der Waals surface area contributed by atoms with E-state index in [1.54, 1.807) is 11.4 Å². The van der Waals surface area contributed by atoms with Crippen molar-refractivity contribution in [1.82, 2.24) is 14.3 Å². The lowest BCUT2D eigenvalue weighted by Gasteiger charge is -2.15. The summed E-state index contributed by atoms with van der Waals surface area (Å²) in [6, 6.07) is 3.17. The van der Waals surface area contributed by atoms with Gasteiger partial charge in [0, 0.05) is 30.8 Å². The van der Waals surface area contributed by atoms with Crippen LogP contribution in [0.2, 0.25) is 0 Å². The summed E-state index contributed by atoms with van der Waals surface area (Å²) < 4.78 is 27.0. The monoisotopic (exact) mass is 394 g/mol. The molecule has 9 heteroatoms. The van der Waals surface area contributed by atoms with Gasteiger partial charge in [-0.3, -0.25) is 4.79 Å².